The minimum Gasteiger partial charge on any atom is -0.377 e. The number of ether oxygens (including phenoxy) is 1. The molecular weight excluding hydrogens is 418 g/mol. The Bertz CT molecular complexity index is 726. The summed E-state index contributed by atoms with van der Waals surface area (Å²) in [5.74, 6) is 1.02. The average Bonchev–Trinajstić information content (AvgIpc) is 2.62. The number of anilines is 1. The molecule has 1 saturated heterocycles. The van der Waals surface area contributed by atoms with Crippen LogP contribution in [0.5, 0.6) is 0 Å². The van der Waals surface area contributed by atoms with Gasteiger partial charge in [0.2, 0.25) is 10.0 Å². The second-order valence-electron chi connectivity index (χ2n) is 7.06. The molecule has 6 nitrogen and oxygen atoms in total. The predicted molar refractivity (Wildman–Crippen MR) is 107 cm³/mol. The van der Waals surface area contributed by atoms with E-state index in [2.05, 4.69) is 36.6 Å². The monoisotopic (exact) mass is 443 g/mol. The summed E-state index contributed by atoms with van der Waals surface area (Å²) in [6.45, 7) is 2.06. The van der Waals surface area contributed by atoms with Gasteiger partial charge in [0.15, 0.2) is 0 Å². The van der Waals surface area contributed by atoms with Gasteiger partial charge in [-0.3, -0.25) is 0 Å². The molecule has 0 amide bonds. The molecule has 1 aliphatic heterocycles. The molecule has 0 spiro atoms. The molecular formula is C18H26BrN3O3S. The van der Waals surface area contributed by atoms with Gasteiger partial charge in [-0.1, -0.05) is 28.1 Å². The van der Waals surface area contributed by atoms with E-state index in [-0.39, 0.29) is 18.1 Å². The van der Waals surface area contributed by atoms with E-state index < -0.39 is 10.0 Å². The van der Waals surface area contributed by atoms with E-state index in [1.807, 2.05) is 18.2 Å². The second kappa shape index (κ2) is 8.82. The van der Waals surface area contributed by atoms with Gasteiger partial charge in [0.25, 0.3) is 0 Å². The van der Waals surface area contributed by atoms with Gasteiger partial charge in [-0.15, -0.1) is 0 Å². The van der Waals surface area contributed by atoms with Crippen LogP contribution in [0.25, 0.3) is 0 Å². The number of halogens is 1. The molecule has 2 unspecified atom stereocenters. The molecule has 1 N–H and O–H groups in total. The summed E-state index contributed by atoms with van der Waals surface area (Å²) in [7, 11) is -3.24. The molecule has 2 aliphatic rings. The van der Waals surface area contributed by atoms with Crippen molar-refractivity contribution in [1.29, 1.82) is 0 Å². The number of hydrogen-bond donors (Lipinski definition) is 1. The highest BCUT2D eigenvalue weighted by molar-refractivity contribution is 9.11. The first-order valence-electron chi connectivity index (χ1n) is 9.00. The number of piperidine rings is 1. The SMILES string of the molecule is CS(=O)(=O)NC1CCN(c2ccccn2)C[C@H]1COC1CC=C(Br)CC1. The highest BCUT2D eigenvalue weighted by Gasteiger charge is 2.32. The van der Waals surface area contributed by atoms with E-state index in [0.29, 0.717) is 6.61 Å². The first-order valence-corrected chi connectivity index (χ1v) is 11.7. The van der Waals surface area contributed by atoms with Gasteiger partial charge < -0.3 is 9.64 Å². The summed E-state index contributed by atoms with van der Waals surface area (Å²) in [6, 6.07) is 5.76. The average molecular weight is 444 g/mol. The minimum absolute atomic E-state index is 0.0924. The van der Waals surface area contributed by atoms with Crippen LogP contribution in [-0.4, -0.2) is 51.5 Å². The summed E-state index contributed by atoms with van der Waals surface area (Å²) >= 11 is 3.53. The molecule has 0 saturated carbocycles. The van der Waals surface area contributed by atoms with Crippen LogP contribution >= 0.6 is 15.9 Å². The van der Waals surface area contributed by atoms with E-state index in [1.165, 1.54) is 10.7 Å². The third-order valence-electron chi connectivity index (χ3n) is 4.93. The highest BCUT2D eigenvalue weighted by atomic mass is 79.9. The van der Waals surface area contributed by atoms with Crippen LogP contribution < -0.4 is 9.62 Å². The molecule has 2 heterocycles. The molecule has 3 atom stereocenters. The zero-order valence-electron chi connectivity index (χ0n) is 15.0. The van der Waals surface area contributed by atoms with Gasteiger partial charge in [0.1, 0.15) is 5.82 Å². The Hall–Kier alpha value is -0.960. The van der Waals surface area contributed by atoms with Crippen LogP contribution in [0.4, 0.5) is 5.82 Å². The first kappa shape index (κ1) is 19.8. The van der Waals surface area contributed by atoms with Crippen molar-refractivity contribution < 1.29 is 13.2 Å². The fourth-order valence-corrected chi connectivity index (χ4v) is 4.85. The van der Waals surface area contributed by atoms with Crippen molar-refractivity contribution in [2.24, 2.45) is 5.92 Å². The normalized spacial score (nSPS) is 27.2. The van der Waals surface area contributed by atoms with Crippen molar-refractivity contribution in [3.8, 4) is 0 Å². The Labute approximate surface area is 164 Å². The van der Waals surface area contributed by atoms with Gasteiger partial charge in [0.05, 0.1) is 19.0 Å². The topological polar surface area (TPSA) is 71.5 Å². The number of nitrogens with one attached hydrogen (secondary N) is 1. The van der Waals surface area contributed by atoms with Crippen molar-refractivity contribution in [1.82, 2.24) is 9.71 Å². The van der Waals surface area contributed by atoms with E-state index in [1.54, 1.807) is 6.20 Å². The van der Waals surface area contributed by atoms with Crippen LogP contribution in [0.2, 0.25) is 0 Å². The maximum atomic E-state index is 11.7. The molecule has 1 aliphatic carbocycles. The highest BCUT2D eigenvalue weighted by Crippen LogP contribution is 2.27. The summed E-state index contributed by atoms with van der Waals surface area (Å²) < 4.78 is 33.7. The number of nitrogens with zero attached hydrogens (tertiary/aromatic N) is 2. The Balaban J connectivity index is 1.65. The van der Waals surface area contributed by atoms with Crippen LogP contribution in [0, 0.1) is 5.92 Å². The lowest BCUT2D eigenvalue weighted by molar-refractivity contribution is 0.0156. The van der Waals surface area contributed by atoms with E-state index in [0.717, 1.165) is 44.6 Å². The molecule has 0 aromatic carbocycles. The number of aromatic nitrogens is 1. The molecule has 8 heteroatoms. The van der Waals surface area contributed by atoms with Gasteiger partial charge in [-0.2, -0.15) is 0 Å². The fourth-order valence-electron chi connectivity index (χ4n) is 3.57. The van der Waals surface area contributed by atoms with Gasteiger partial charge in [-0.05, 0) is 42.3 Å². The quantitative estimate of drug-likeness (QED) is 0.731. The fraction of sp³-hybridized carbons (Fsp3) is 0.611. The molecule has 26 heavy (non-hydrogen) atoms. The van der Waals surface area contributed by atoms with Crippen LogP contribution in [0.3, 0.4) is 0 Å². The number of pyridine rings is 1. The lowest BCUT2D eigenvalue weighted by atomic mass is 9.93. The van der Waals surface area contributed by atoms with Crippen molar-refractivity contribution in [3.05, 3.63) is 35.0 Å². The molecule has 1 aromatic rings. The molecule has 0 bridgehead atoms. The van der Waals surface area contributed by atoms with E-state index in [4.69, 9.17) is 4.74 Å². The van der Waals surface area contributed by atoms with Gasteiger partial charge in [-0.25, -0.2) is 18.1 Å². The van der Waals surface area contributed by atoms with Crippen molar-refractivity contribution in [2.75, 3.05) is 30.9 Å². The van der Waals surface area contributed by atoms with Crippen molar-refractivity contribution in [2.45, 2.75) is 37.8 Å². The van der Waals surface area contributed by atoms with Crippen LogP contribution in [-0.2, 0) is 14.8 Å². The zero-order chi connectivity index (χ0) is 18.6. The Kier molecular flexibility index (Phi) is 6.71. The summed E-state index contributed by atoms with van der Waals surface area (Å²) in [5.41, 5.74) is 0. The lowest BCUT2D eigenvalue weighted by Crippen LogP contribution is -2.52. The Morgan fingerprint density at radius 2 is 2.23 bits per heavy atom. The maximum absolute atomic E-state index is 11.7. The maximum Gasteiger partial charge on any atom is 0.208 e. The second-order valence-corrected chi connectivity index (χ2v) is 9.86. The number of rotatable bonds is 6. The van der Waals surface area contributed by atoms with Crippen molar-refractivity contribution >= 4 is 31.8 Å². The minimum atomic E-state index is -3.24. The third-order valence-corrected chi connectivity index (χ3v) is 6.38. The third kappa shape index (κ3) is 5.77. The van der Waals surface area contributed by atoms with E-state index in [9.17, 15) is 8.42 Å². The predicted octanol–water partition coefficient (Wildman–Crippen LogP) is 2.67. The zero-order valence-corrected chi connectivity index (χ0v) is 17.4. The van der Waals surface area contributed by atoms with Crippen LogP contribution in [0.1, 0.15) is 25.7 Å². The molecule has 3 rings (SSSR count). The lowest BCUT2D eigenvalue weighted by Gasteiger charge is -2.39. The Morgan fingerprint density at radius 1 is 1.38 bits per heavy atom. The molecule has 144 valence electrons. The largest absolute Gasteiger partial charge is 0.377 e. The molecule has 1 fully saturated rings. The smallest absolute Gasteiger partial charge is 0.208 e. The summed E-state index contributed by atoms with van der Waals surface area (Å²) in [4.78, 5) is 6.64. The standard InChI is InChI=1S/C18H26BrN3O3S/c1-26(23,24)21-17-9-11-22(18-4-2-3-10-20-18)12-14(17)13-25-16-7-5-15(19)6-8-16/h2-5,10,14,16-17,21H,6-9,11-13H2,1H3/t14-,16?,17?/m0/s1. The van der Waals surface area contributed by atoms with E-state index >= 15 is 0 Å². The number of allylic oxidation sites excluding steroid dienone is 1. The molecule has 0 radical (unpaired) electrons. The number of hydrogen-bond acceptors (Lipinski definition) is 5. The van der Waals surface area contributed by atoms with Crippen LogP contribution in [0.15, 0.2) is 35.0 Å². The Morgan fingerprint density at radius 3 is 2.88 bits per heavy atom. The van der Waals surface area contributed by atoms with Crippen molar-refractivity contribution in [3.63, 3.8) is 0 Å². The van der Waals surface area contributed by atoms with Gasteiger partial charge >= 0.3 is 0 Å². The molecule has 1 aromatic heterocycles. The number of sulfonamides is 1. The summed E-state index contributed by atoms with van der Waals surface area (Å²) in [6.07, 6.45) is 9.03. The first-order chi connectivity index (χ1) is 12.4. The van der Waals surface area contributed by atoms with Gasteiger partial charge in [0, 0.05) is 31.2 Å². The summed E-state index contributed by atoms with van der Waals surface area (Å²) in [5, 5.41) is 0.